The van der Waals surface area contributed by atoms with Crippen LogP contribution in [0.5, 0.6) is 0 Å². The number of carbonyl (C=O) groups is 6. The first kappa shape index (κ1) is 22.1. The van der Waals surface area contributed by atoms with Gasteiger partial charge in [-0.25, -0.2) is 0 Å². The zero-order valence-electron chi connectivity index (χ0n) is 15.4. The maximum Gasteiger partial charge on any atom is 0.256 e. The van der Waals surface area contributed by atoms with Gasteiger partial charge in [0.25, 0.3) is 23.6 Å². The number of rotatable bonds is 7. The lowest BCUT2D eigenvalue weighted by atomic mass is 9.67. The van der Waals surface area contributed by atoms with E-state index in [1.54, 1.807) is 0 Å². The fourth-order valence-corrected chi connectivity index (χ4v) is 3.76. The first-order valence-electron chi connectivity index (χ1n) is 8.27. The largest absolute Gasteiger partial charge is 0.368 e. The molecule has 0 aliphatic carbocycles. The molecule has 1 saturated heterocycles. The molecule has 14 nitrogen and oxygen atoms in total. The zero-order valence-corrected chi connectivity index (χ0v) is 15.4. The van der Waals surface area contributed by atoms with Crippen LogP contribution < -0.4 is 44.6 Å². The molecule has 2 rings (SSSR count). The van der Waals surface area contributed by atoms with Crippen molar-refractivity contribution in [1.29, 1.82) is 0 Å². The van der Waals surface area contributed by atoms with E-state index in [1.807, 2.05) is 0 Å². The van der Waals surface area contributed by atoms with Crippen LogP contribution in [0.15, 0.2) is 30.3 Å². The third kappa shape index (κ3) is 2.69. The third-order valence-electron chi connectivity index (χ3n) is 4.95. The molecular weight excluding hydrogens is 400 g/mol. The maximum atomic E-state index is 12.7. The van der Waals surface area contributed by atoms with Crippen LogP contribution in [0.4, 0.5) is 5.69 Å². The van der Waals surface area contributed by atoms with Crippen LogP contribution >= 0.6 is 0 Å². The van der Waals surface area contributed by atoms with E-state index in [0.717, 1.165) is 0 Å². The van der Waals surface area contributed by atoms with Crippen LogP contribution in [0, 0.1) is 0 Å². The van der Waals surface area contributed by atoms with Crippen molar-refractivity contribution in [2.24, 2.45) is 34.4 Å². The Morgan fingerprint density at radius 2 is 1.20 bits per heavy atom. The van der Waals surface area contributed by atoms with E-state index in [4.69, 9.17) is 34.4 Å². The highest BCUT2D eigenvalue weighted by Crippen LogP contribution is 2.40. The molecule has 14 heteroatoms. The average molecular weight is 420 g/mol. The number of nitrogens with two attached hydrogens (primary N) is 6. The molecule has 0 radical (unpaired) electrons. The van der Waals surface area contributed by atoms with Crippen LogP contribution in [0.1, 0.15) is 0 Å². The molecule has 1 aliphatic rings. The van der Waals surface area contributed by atoms with Crippen LogP contribution in [-0.2, 0) is 28.8 Å². The Labute approximate surface area is 168 Å². The fraction of sp³-hybridized carbons (Fsp3) is 0.250. The highest BCUT2D eigenvalue weighted by molar-refractivity contribution is 6.28. The summed E-state index contributed by atoms with van der Waals surface area (Å²) >= 11 is 0. The van der Waals surface area contributed by atoms with Gasteiger partial charge in [0.15, 0.2) is 0 Å². The van der Waals surface area contributed by atoms with Crippen molar-refractivity contribution in [2.45, 2.75) is 23.2 Å². The topological polar surface area (TPSA) is 274 Å². The zero-order chi connectivity index (χ0) is 23.0. The van der Waals surface area contributed by atoms with Gasteiger partial charge in [-0.1, -0.05) is 18.2 Å². The van der Waals surface area contributed by atoms with Crippen molar-refractivity contribution in [3.05, 3.63) is 30.3 Å². The molecular formula is C16H20N8O6. The minimum Gasteiger partial charge on any atom is -0.368 e. The molecule has 1 heterocycles. The maximum absolute atomic E-state index is 12.7. The minimum atomic E-state index is -3.18. The van der Waals surface area contributed by atoms with Crippen LogP contribution in [0.25, 0.3) is 0 Å². The van der Waals surface area contributed by atoms with Gasteiger partial charge < -0.3 is 39.3 Å². The number of carbonyl (C=O) groups excluding carboxylic acids is 6. The second-order valence-corrected chi connectivity index (χ2v) is 6.49. The van der Waals surface area contributed by atoms with E-state index in [1.165, 1.54) is 30.3 Å². The molecule has 0 aromatic heterocycles. The fourth-order valence-electron chi connectivity index (χ4n) is 3.76. The number of nitrogens with one attached hydrogen (secondary N) is 1. The molecule has 1 aromatic carbocycles. The van der Waals surface area contributed by atoms with E-state index >= 15 is 0 Å². The summed E-state index contributed by atoms with van der Waals surface area (Å²) in [5.41, 5.74) is 25.9. The summed E-state index contributed by atoms with van der Waals surface area (Å²) in [6.45, 7) is 0. The van der Waals surface area contributed by atoms with Gasteiger partial charge in [-0.3, -0.25) is 34.1 Å². The van der Waals surface area contributed by atoms with Gasteiger partial charge in [0.05, 0.1) is 0 Å². The first-order valence-corrected chi connectivity index (χ1v) is 8.27. The van der Waals surface area contributed by atoms with Gasteiger partial charge in [0.1, 0.15) is 12.1 Å². The summed E-state index contributed by atoms with van der Waals surface area (Å²) in [6, 6.07) is 3.09. The number of benzene rings is 1. The van der Waals surface area contributed by atoms with E-state index < -0.39 is 58.6 Å². The Hall–Kier alpha value is -4.20. The molecule has 1 aliphatic heterocycles. The van der Waals surface area contributed by atoms with E-state index in [2.05, 4.69) is 5.32 Å². The number of piperazine rings is 1. The lowest BCUT2D eigenvalue weighted by Gasteiger charge is -2.57. The molecule has 30 heavy (non-hydrogen) atoms. The number of amides is 6. The van der Waals surface area contributed by atoms with Crippen molar-refractivity contribution in [2.75, 3.05) is 4.90 Å². The second kappa shape index (κ2) is 7.32. The SMILES string of the molecule is NC(=O)C1NC(C(N)=O)(C(N)=O)C(C(N)=O)(C(N)=O)N(c2ccccc2)C1C(N)=O. The molecule has 6 amide bonds. The number of hydrogen-bond acceptors (Lipinski definition) is 8. The Bertz CT molecular complexity index is 920. The minimum absolute atomic E-state index is 0.140. The Kier molecular flexibility index (Phi) is 5.39. The highest BCUT2D eigenvalue weighted by Gasteiger charge is 2.76. The number of primary amides is 6. The third-order valence-corrected chi connectivity index (χ3v) is 4.95. The quantitative estimate of drug-likeness (QED) is 0.208. The Balaban J connectivity index is 3.15. The molecule has 1 aromatic rings. The normalized spacial score (nSPS) is 21.9. The predicted molar refractivity (Wildman–Crippen MR) is 100 cm³/mol. The van der Waals surface area contributed by atoms with Gasteiger partial charge in [-0.15, -0.1) is 0 Å². The summed E-state index contributed by atoms with van der Waals surface area (Å²) in [7, 11) is 0. The van der Waals surface area contributed by atoms with E-state index in [9.17, 15) is 28.8 Å². The van der Waals surface area contributed by atoms with Gasteiger partial charge >= 0.3 is 0 Å². The Morgan fingerprint density at radius 3 is 1.53 bits per heavy atom. The molecule has 1 fully saturated rings. The molecule has 0 spiro atoms. The van der Waals surface area contributed by atoms with Crippen molar-refractivity contribution < 1.29 is 28.8 Å². The summed E-state index contributed by atoms with van der Waals surface area (Å²) in [5, 5.41) is 2.08. The van der Waals surface area contributed by atoms with E-state index in [0.29, 0.717) is 4.90 Å². The van der Waals surface area contributed by atoms with Crippen LogP contribution in [0.3, 0.4) is 0 Å². The molecule has 0 bridgehead atoms. The van der Waals surface area contributed by atoms with Gasteiger partial charge in [-0.05, 0) is 12.1 Å². The molecule has 160 valence electrons. The number of para-hydroxylation sites is 1. The van der Waals surface area contributed by atoms with Crippen molar-refractivity contribution >= 4 is 41.1 Å². The van der Waals surface area contributed by atoms with Crippen molar-refractivity contribution in [3.63, 3.8) is 0 Å². The van der Waals surface area contributed by atoms with Crippen LogP contribution in [0.2, 0.25) is 0 Å². The lowest BCUT2D eigenvalue weighted by molar-refractivity contribution is -0.156. The molecule has 0 saturated carbocycles. The van der Waals surface area contributed by atoms with Crippen molar-refractivity contribution in [1.82, 2.24) is 5.32 Å². The molecule has 13 N–H and O–H groups in total. The number of anilines is 1. The highest BCUT2D eigenvalue weighted by atomic mass is 16.2. The molecule has 2 atom stereocenters. The number of nitrogens with zero attached hydrogens (tertiary/aromatic N) is 1. The summed E-state index contributed by atoms with van der Waals surface area (Å²) in [6.07, 6.45) is 0. The summed E-state index contributed by atoms with van der Waals surface area (Å²) < 4.78 is 0. The second-order valence-electron chi connectivity index (χ2n) is 6.49. The lowest BCUT2D eigenvalue weighted by Crippen LogP contribution is -2.94. The van der Waals surface area contributed by atoms with Crippen LogP contribution in [-0.4, -0.2) is 58.6 Å². The van der Waals surface area contributed by atoms with E-state index in [-0.39, 0.29) is 5.69 Å². The first-order chi connectivity index (χ1) is 13.9. The summed E-state index contributed by atoms with van der Waals surface area (Å²) in [5.74, 6) is -9.25. The monoisotopic (exact) mass is 420 g/mol. The smallest absolute Gasteiger partial charge is 0.256 e. The van der Waals surface area contributed by atoms with Gasteiger partial charge in [0, 0.05) is 5.69 Å². The number of hydrogen-bond donors (Lipinski definition) is 7. The molecule has 2 unspecified atom stereocenters. The van der Waals surface area contributed by atoms with Gasteiger partial charge in [-0.2, -0.15) is 0 Å². The van der Waals surface area contributed by atoms with Gasteiger partial charge in [0.2, 0.25) is 22.9 Å². The summed E-state index contributed by atoms with van der Waals surface area (Å²) in [4.78, 5) is 75.5. The average Bonchev–Trinajstić information content (AvgIpc) is 2.65. The standard InChI is InChI=1S/C16H20N8O6/c17-9(25)7-8(10(18)26)24(6-4-2-1-3-5-6)16(13(21)29,14(22)30)15(23-7,11(19)27)12(20)28/h1-5,7-8,23H,(H2,17,25)(H2,18,26)(H2,19,27)(H2,20,28)(H2,21,29)(H2,22,30). The van der Waals surface area contributed by atoms with Crippen molar-refractivity contribution in [3.8, 4) is 0 Å². The Morgan fingerprint density at radius 1 is 0.733 bits per heavy atom. The predicted octanol–water partition coefficient (Wildman–Crippen LogP) is -5.78.